The molecule has 4 heteroatoms. The molecule has 59 valence electrons. The largest absolute Gasteiger partial charge is 0.358 e. The quantitative estimate of drug-likeness (QED) is 0.449. The minimum Gasteiger partial charge on any atom is -0.358 e. The van der Waals surface area contributed by atoms with E-state index in [2.05, 4.69) is 10.2 Å². The molecule has 0 bridgehead atoms. The van der Waals surface area contributed by atoms with Gasteiger partial charge in [-0.15, -0.1) is 0 Å². The summed E-state index contributed by atoms with van der Waals surface area (Å²) in [4.78, 5) is 0. The van der Waals surface area contributed by atoms with E-state index < -0.39 is 5.41 Å². The molecule has 3 nitrogen and oxygen atoms in total. The van der Waals surface area contributed by atoms with Gasteiger partial charge in [-0.2, -0.15) is 0 Å². The summed E-state index contributed by atoms with van der Waals surface area (Å²) >= 11 is 0. The van der Waals surface area contributed by atoms with Crippen molar-refractivity contribution < 1.29 is 9.47 Å². The number of hydrogen-bond acceptors (Lipinski definition) is 3. The highest BCUT2D eigenvalue weighted by Crippen LogP contribution is 2.12. The van der Waals surface area contributed by atoms with Crippen LogP contribution in [0.4, 0.5) is 0 Å². The number of ether oxygens (including phenoxy) is 2. The van der Waals surface area contributed by atoms with Gasteiger partial charge in [0.15, 0.2) is 0 Å². The molecule has 0 saturated heterocycles. The lowest BCUT2D eigenvalue weighted by Crippen LogP contribution is -2.34. The van der Waals surface area contributed by atoms with Crippen LogP contribution in [0.2, 0.25) is 0 Å². The smallest absolute Gasteiger partial charge is 0.143 e. The second-order valence-corrected chi connectivity index (χ2v) is 2.82. The summed E-state index contributed by atoms with van der Waals surface area (Å²) in [7, 11) is 6.52. The number of methoxy groups -OCH3 is 2. The van der Waals surface area contributed by atoms with Crippen LogP contribution in [-0.4, -0.2) is 36.4 Å². The van der Waals surface area contributed by atoms with E-state index in [1.807, 2.05) is 0 Å². The monoisotopic (exact) mass is 160 g/mol. The molecule has 0 unspecified atom stereocenters. The first-order valence-electron chi connectivity index (χ1n) is 3.24. The van der Waals surface area contributed by atoms with E-state index in [1.165, 1.54) is 0 Å². The van der Waals surface area contributed by atoms with Gasteiger partial charge in [-0.05, 0) is 19.4 Å². The molecule has 0 atom stereocenters. The molecular formula is C6H14NO2Si. The fourth-order valence-electron chi connectivity index (χ4n) is 0.622. The van der Waals surface area contributed by atoms with Crippen LogP contribution in [-0.2, 0) is 9.47 Å². The van der Waals surface area contributed by atoms with Gasteiger partial charge < -0.3 is 15.2 Å². The van der Waals surface area contributed by atoms with Crippen molar-refractivity contribution in [3.05, 3.63) is 0 Å². The standard InChI is InChI=1S/C6H14NO2Si/c1-8-6(10,9-2)4-3-5-7/h3-5,7H2,1-2H3. The maximum Gasteiger partial charge on any atom is 0.143 e. The topological polar surface area (TPSA) is 44.5 Å². The van der Waals surface area contributed by atoms with Crippen molar-refractivity contribution in [2.75, 3.05) is 20.8 Å². The molecule has 0 saturated carbocycles. The SMILES string of the molecule is COC([Si])(CCCN)OC. The predicted octanol–water partition coefficient (Wildman–Crippen LogP) is -0.160. The van der Waals surface area contributed by atoms with Crippen LogP contribution in [0.5, 0.6) is 0 Å². The third-order valence-electron chi connectivity index (χ3n) is 1.37. The van der Waals surface area contributed by atoms with Crippen LogP contribution in [0.3, 0.4) is 0 Å². The van der Waals surface area contributed by atoms with Gasteiger partial charge >= 0.3 is 0 Å². The maximum absolute atomic E-state index is 5.31. The van der Waals surface area contributed by atoms with Crippen molar-refractivity contribution in [1.29, 1.82) is 0 Å². The number of nitrogens with two attached hydrogens (primary N) is 1. The molecule has 0 aliphatic heterocycles. The van der Waals surface area contributed by atoms with Crippen LogP contribution in [0.15, 0.2) is 0 Å². The van der Waals surface area contributed by atoms with Crippen molar-refractivity contribution in [1.82, 2.24) is 0 Å². The maximum atomic E-state index is 5.31. The van der Waals surface area contributed by atoms with Crippen LogP contribution >= 0.6 is 0 Å². The molecule has 0 aromatic carbocycles. The Balaban J connectivity index is 3.58. The van der Waals surface area contributed by atoms with Crippen molar-refractivity contribution >= 4 is 10.2 Å². The molecular weight excluding hydrogens is 146 g/mol. The molecule has 0 heterocycles. The summed E-state index contributed by atoms with van der Waals surface area (Å²) in [6.45, 7) is 0.652. The highest BCUT2D eigenvalue weighted by molar-refractivity contribution is 6.13. The van der Waals surface area contributed by atoms with Gasteiger partial charge in [-0.25, -0.2) is 0 Å². The Morgan fingerprint density at radius 1 is 1.40 bits per heavy atom. The Morgan fingerprint density at radius 3 is 2.20 bits per heavy atom. The molecule has 0 rings (SSSR count). The third kappa shape index (κ3) is 3.31. The van der Waals surface area contributed by atoms with Gasteiger partial charge in [0.2, 0.25) is 0 Å². The first-order chi connectivity index (χ1) is 4.68. The minimum atomic E-state index is -0.640. The predicted molar refractivity (Wildman–Crippen MR) is 40.8 cm³/mol. The molecule has 10 heavy (non-hydrogen) atoms. The highest BCUT2D eigenvalue weighted by Gasteiger charge is 2.20. The van der Waals surface area contributed by atoms with Gasteiger partial charge in [-0.3, -0.25) is 0 Å². The molecule has 0 amide bonds. The molecule has 0 fully saturated rings. The van der Waals surface area contributed by atoms with Gasteiger partial charge in [0, 0.05) is 14.2 Å². The fourth-order valence-corrected chi connectivity index (χ4v) is 0.799. The van der Waals surface area contributed by atoms with E-state index in [0.717, 1.165) is 12.8 Å². The summed E-state index contributed by atoms with van der Waals surface area (Å²) in [6, 6.07) is 0. The van der Waals surface area contributed by atoms with E-state index in [-0.39, 0.29) is 0 Å². The Bertz CT molecular complexity index is 85.8. The summed E-state index contributed by atoms with van der Waals surface area (Å²) in [5.41, 5.74) is 4.67. The Kier molecular flexibility index (Phi) is 4.89. The molecule has 0 spiro atoms. The summed E-state index contributed by atoms with van der Waals surface area (Å²) < 4.78 is 10.0. The Labute approximate surface area is 65.3 Å². The lowest BCUT2D eigenvalue weighted by atomic mass is 10.3. The third-order valence-corrected chi connectivity index (χ3v) is 2.03. The first-order valence-corrected chi connectivity index (χ1v) is 3.74. The van der Waals surface area contributed by atoms with Crippen molar-refractivity contribution in [2.24, 2.45) is 5.73 Å². The van der Waals surface area contributed by atoms with E-state index >= 15 is 0 Å². The molecule has 0 aliphatic rings. The molecule has 2 N–H and O–H groups in total. The van der Waals surface area contributed by atoms with E-state index in [0.29, 0.717) is 6.54 Å². The molecule has 0 aromatic rings. The normalized spacial score (nSPS) is 12.0. The van der Waals surface area contributed by atoms with Crippen molar-refractivity contribution in [3.63, 3.8) is 0 Å². The molecule has 3 radical (unpaired) electrons. The Morgan fingerprint density at radius 2 is 1.90 bits per heavy atom. The number of rotatable bonds is 5. The molecule has 0 aromatic heterocycles. The zero-order valence-electron chi connectivity index (χ0n) is 6.52. The summed E-state index contributed by atoms with van der Waals surface area (Å²) in [5, 5.41) is 0. The summed E-state index contributed by atoms with van der Waals surface area (Å²) in [5.74, 6) is 0. The van der Waals surface area contributed by atoms with E-state index in [1.54, 1.807) is 14.2 Å². The second-order valence-electron chi connectivity index (χ2n) is 2.05. The first kappa shape index (κ1) is 10.1. The van der Waals surface area contributed by atoms with Gasteiger partial charge in [0.1, 0.15) is 15.7 Å². The fraction of sp³-hybridized carbons (Fsp3) is 1.00. The van der Waals surface area contributed by atoms with Gasteiger partial charge in [0.25, 0.3) is 0 Å². The van der Waals surface area contributed by atoms with Crippen LogP contribution < -0.4 is 5.73 Å². The van der Waals surface area contributed by atoms with E-state index in [9.17, 15) is 0 Å². The lowest BCUT2D eigenvalue weighted by Gasteiger charge is -2.25. The lowest BCUT2D eigenvalue weighted by molar-refractivity contribution is -0.146. The Hall–Kier alpha value is 0.0969. The summed E-state index contributed by atoms with van der Waals surface area (Å²) in [6.07, 6.45) is 1.64. The second kappa shape index (κ2) is 4.84. The zero-order valence-corrected chi connectivity index (χ0v) is 7.52. The zero-order chi connectivity index (χ0) is 8.04. The highest BCUT2D eigenvalue weighted by atomic mass is 28.1. The average molecular weight is 160 g/mol. The van der Waals surface area contributed by atoms with Crippen LogP contribution in [0, 0.1) is 0 Å². The minimum absolute atomic E-state index is 0.640. The van der Waals surface area contributed by atoms with Crippen LogP contribution in [0.25, 0.3) is 0 Å². The van der Waals surface area contributed by atoms with Crippen LogP contribution in [0.1, 0.15) is 12.8 Å². The number of hydrogen-bond donors (Lipinski definition) is 1. The van der Waals surface area contributed by atoms with Crippen molar-refractivity contribution in [3.8, 4) is 0 Å². The van der Waals surface area contributed by atoms with Gasteiger partial charge in [-0.1, -0.05) is 0 Å². The van der Waals surface area contributed by atoms with Crippen molar-refractivity contribution in [2.45, 2.75) is 18.3 Å². The van der Waals surface area contributed by atoms with Gasteiger partial charge in [0.05, 0.1) is 0 Å². The van der Waals surface area contributed by atoms with E-state index in [4.69, 9.17) is 15.2 Å². The average Bonchev–Trinajstić information content (AvgIpc) is 2.00. The molecule has 0 aliphatic carbocycles.